The molecule has 0 aliphatic carbocycles. The molecule has 1 heterocycles. The lowest BCUT2D eigenvalue weighted by Crippen LogP contribution is -2.02. The molecule has 0 atom stereocenters. The zero-order chi connectivity index (χ0) is 15.5. The number of hydrogen-bond donors (Lipinski definition) is 1. The Balaban J connectivity index is 1.90. The van der Waals surface area contributed by atoms with E-state index in [4.69, 9.17) is 9.47 Å². The van der Waals surface area contributed by atoms with Crippen molar-refractivity contribution in [1.29, 1.82) is 0 Å². The quantitative estimate of drug-likeness (QED) is 0.744. The molecule has 1 aromatic heterocycles. The fraction of sp³-hybridized carbons (Fsp3) is 0.167. The van der Waals surface area contributed by atoms with Crippen molar-refractivity contribution in [3.8, 4) is 5.75 Å². The Kier molecular flexibility index (Phi) is 3.83. The Labute approximate surface area is 128 Å². The van der Waals surface area contributed by atoms with Crippen LogP contribution in [-0.4, -0.2) is 18.1 Å². The molecule has 22 heavy (non-hydrogen) atoms. The maximum Gasteiger partial charge on any atom is 0.340 e. The molecule has 0 saturated carbocycles. The predicted octanol–water partition coefficient (Wildman–Crippen LogP) is 3.84. The van der Waals surface area contributed by atoms with Crippen molar-refractivity contribution in [3.05, 3.63) is 65.4 Å². The van der Waals surface area contributed by atoms with Gasteiger partial charge >= 0.3 is 5.97 Å². The minimum absolute atomic E-state index is 0.344. The van der Waals surface area contributed by atoms with E-state index in [-0.39, 0.29) is 5.97 Å². The van der Waals surface area contributed by atoms with Crippen LogP contribution in [0.4, 0.5) is 0 Å². The summed E-state index contributed by atoms with van der Waals surface area (Å²) in [5.74, 6) is 0.379. The summed E-state index contributed by atoms with van der Waals surface area (Å²) in [6.07, 6.45) is 0. The molecule has 0 bridgehead atoms. The monoisotopic (exact) mass is 295 g/mol. The molecule has 4 nitrogen and oxygen atoms in total. The second-order valence-corrected chi connectivity index (χ2v) is 5.10. The number of rotatable bonds is 4. The second kappa shape index (κ2) is 5.93. The van der Waals surface area contributed by atoms with E-state index in [9.17, 15) is 4.79 Å². The number of nitrogens with one attached hydrogen (secondary N) is 1. The second-order valence-electron chi connectivity index (χ2n) is 5.10. The normalized spacial score (nSPS) is 10.6. The van der Waals surface area contributed by atoms with Gasteiger partial charge in [0.15, 0.2) is 0 Å². The average Bonchev–Trinajstić information content (AvgIpc) is 2.88. The van der Waals surface area contributed by atoms with Crippen LogP contribution < -0.4 is 4.74 Å². The third kappa shape index (κ3) is 2.68. The Hall–Kier alpha value is -2.75. The zero-order valence-corrected chi connectivity index (χ0v) is 12.6. The number of aromatic amines is 1. The lowest BCUT2D eigenvalue weighted by Gasteiger charge is -2.07. The lowest BCUT2D eigenvalue weighted by atomic mass is 10.1. The number of fused-ring (bicyclic) bond motifs is 1. The first-order valence-corrected chi connectivity index (χ1v) is 7.06. The van der Waals surface area contributed by atoms with Gasteiger partial charge in [-0.25, -0.2) is 4.79 Å². The van der Waals surface area contributed by atoms with E-state index in [0.717, 1.165) is 27.9 Å². The van der Waals surface area contributed by atoms with Gasteiger partial charge in [-0.1, -0.05) is 30.3 Å². The van der Waals surface area contributed by atoms with Crippen molar-refractivity contribution in [3.63, 3.8) is 0 Å². The molecular formula is C18H17NO3. The van der Waals surface area contributed by atoms with Gasteiger partial charge in [0.1, 0.15) is 12.4 Å². The van der Waals surface area contributed by atoms with Gasteiger partial charge in [-0.15, -0.1) is 0 Å². The van der Waals surface area contributed by atoms with Crippen molar-refractivity contribution >= 4 is 16.9 Å². The van der Waals surface area contributed by atoms with Crippen LogP contribution in [-0.2, 0) is 11.3 Å². The van der Waals surface area contributed by atoms with E-state index >= 15 is 0 Å². The van der Waals surface area contributed by atoms with Crippen molar-refractivity contribution in [2.24, 2.45) is 0 Å². The number of aromatic nitrogens is 1. The summed E-state index contributed by atoms with van der Waals surface area (Å²) in [6, 6.07) is 15.6. The molecule has 0 unspecified atom stereocenters. The van der Waals surface area contributed by atoms with Crippen molar-refractivity contribution < 1.29 is 14.3 Å². The number of benzene rings is 2. The van der Waals surface area contributed by atoms with Crippen LogP contribution >= 0.6 is 0 Å². The van der Waals surface area contributed by atoms with Gasteiger partial charge in [0.25, 0.3) is 0 Å². The summed E-state index contributed by atoms with van der Waals surface area (Å²) in [5, 5.41) is 0.815. The van der Waals surface area contributed by atoms with Gasteiger partial charge in [0, 0.05) is 16.6 Å². The molecule has 0 spiro atoms. The predicted molar refractivity (Wildman–Crippen MR) is 85.1 cm³/mol. The minimum atomic E-state index is -0.344. The largest absolute Gasteiger partial charge is 0.489 e. The average molecular weight is 295 g/mol. The fourth-order valence-electron chi connectivity index (χ4n) is 2.50. The van der Waals surface area contributed by atoms with E-state index in [1.807, 2.05) is 55.5 Å². The first kappa shape index (κ1) is 14.2. The number of carbonyl (C=O) groups is 1. The van der Waals surface area contributed by atoms with Crippen LogP contribution in [0.3, 0.4) is 0 Å². The number of esters is 1. The van der Waals surface area contributed by atoms with E-state index in [1.54, 1.807) is 0 Å². The van der Waals surface area contributed by atoms with Crippen LogP contribution in [0.15, 0.2) is 48.5 Å². The summed E-state index contributed by atoms with van der Waals surface area (Å²) >= 11 is 0. The van der Waals surface area contributed by atoms with Gasteiger partial charge in [-0.3, -0.25) is 0 Å². The van der Waals surface area contributed by atoms with E-state index in [0.29, 0.717) is 12.2 Å². The van der Waals surface area contributed by atoms with E-state index in [1.165, 1.54) is 7.11 Å². The Morgan fingerprint density at radius 1 is 1.14 bits per heavy atom. The molecular weight excluding hydrogens is 278 g/mol. The van der Waals surface area contributed by atoms with Crippen molar-refractivity contribution in [2.45, 2.75) is 13.5 Å². The third-order valence-electron chi connectivity index (χ3n) is 3.60. The molecule has 1 N–H and O–H groups in total. The van der Waals surface area contributed by atoms with Gasteiger partial charge < -0.3 is 14.5 Å². The highest BCUT2D eigenvalue weighted by Gasteiger charge is 2.17. The topological polar surface area (TPSA) is 51.3 Å². The first-order chi connectivity index (χ1) is 10.7. The van der Waals surface area contributed by atoms with Crippen molar-refractivity contribution in [2.75, 3.05) is 7.11 Å². The van der Waals surface area contributed by atoms with Crippen LogP contribution in [0.2, 0.25) is 0 Å². The Morgan fingerprint density at radius 2 is 1.91 bits per heavy atom. The number of methoxy groups -OCH3 is 1. The van der Waals surface area contributed by atoms with Gasteiger partial charge in [0.2, 0.25) is 0 Å². The summed E-state index contributed by atoms with van der Waals surface area (Å²) < 4.78 is 10.7. The number of aryl methyl sites for hydroxylation is 1. The van der Waals surface area contributed by atoms with Crippen LogP contribution in [0.1, 0.15) is 21.6 Å². The van der Waals surface area contributed by atoms with Gasteiger partial charge in [-0.2, -0.15) is 0 Å². The number of hydrogen-bond acceptors (Lipinski definition) is 3. The number of H-pyrrole nitrogens is 1. The minimum Gasteiger partial charge on any atom is -0.489 e. The molecule has 3 rings (SSSR count). The SMILES string of the molecule is COC(=O)c1c(C)[nH]c2ccc(OCc3ccccc3)cc12. The van der Waals surface area contributed by atoms with Crippen molar-refractivity contribution in [1.82, 2.24) is 4.98 Å². The van der Waals surface area contributed by atoms with Gasteiger partial charge in [-0.05, 0) is 30.7 Å². The third-order valence-corrected chi connectivity index (χ3v) is 3.60. The number of carbonyl (C=O) groups excluding carboxylic acids is 1. The molecule has 4 heteroatoms. The smallest absolute Gasteiger partial charge is 0.340 e. The molecule has 112 valence electrons. The molecule has 0 amide bonds. The molecule has 0 saturated heterocycles. The maximum absolute atomic E-state index is 11.9. The highest BCUT2D eigenvalue weighted by atomic mass is 16.5. The summed E-state index contributed by atoms with van der Waals surface area (Å²) in [5.41, 5.74) is 3.34. The lowest BCUT2D eigenvalue weighted by molar-refractivity contribution is 0.0602. The van der Waals surface area contributed by atoms with Crippen LogP contribution in [0, 0.1) is 6.92 Å². The highest BCUT2D eigenvalue weighted by molar-refractivity contribution is 6.05. The zero-order valence-electron chi connectivity index (χ0n) is 12.6. The molecule has 0 radical (unpaired) electrons. The molecule has 3 aromatic rings. The standard InChI is InChI=1S/C18H17NO3/c1-12-17(18(20)21-2)15-10-14(8-9-16(15)19-12)22-11-13-6-4-3-5-7-13/h3-10,19H,11H2,1-2H3. The van der Waals surface area contributed by atoms with E-state index < -0.39 is 0 Å². The van der Waals surface area contributed by atoms with Crippen LogP contribution in [0.5, 0.6) is 5.75 Å². The fourth-order valence-corrected chi connectivity index (χ4v) is 2.50. The molecule has 0 fully saturated rings. The Bertz CT molecular complexity index is 806. The molecule has 2 aromatic carbocycles. The summed E-state index contributed by atoms with van der Waals surface area (Å²) in [4.78, 5) is 15.1. The summed E-state index contributed by atoms with van der Waals surface area (Å²) in [6.45, 7) is 2.35. The maximum atomic E-state index is 11.9. The highest BCUT2D eigenvalue weighted by Crippen LogP contribution is 2.27. The van der Waals surface area contributed by atoms with Gasteiger partial charge in [0.05, 0.1) is 12.7 Å². The number of ether oxygens (including phenoxy) is 2. The molecule has 0 aliphatic rings. The molecule has 0 aliphatic heterocycles. The first-order valence-electron chi connectivity index (χ1n) is 7.06. The summed E-state index contributed by atoms with van der Waals surface area (Å²) in [7, 11) is 1.39. The Morgan fingerprint density at radius 3 is 2.64 bits per heavy atom. The van der Waals surface area contributed by atoms with E-state index in [2.05, 4.69) is 4.98 Å². The van der Waals surface area contributed by atoms with Crippen LogP contribution in [0.25, 0.3) is 10.9 Å².